The first kappa shape index (κ1) is 12.9. The predicted molar refractivity (Wildman–Crippen MR) is 90.5 cm³/mol. The molecule has 4 aliphatic rings. The molecule has 2 aromatic carbocycles. The number of rotatable bonds is 2. The summed E-state index contributed by atoms with van der Waals surface area (Å²) in [5.41, 5.74) is 4.31. The molecule has 0 saturated heterocycles. The van der Waals surface area contributed by atoms with Gasteiger partial charge in [0.05, 0.1) is 0 Å². The molecule has 111 valence electrons. The highest BCUT2D eigenvalue weighted by molar-refractivity contribution is 5.64. The second-order valence-corrected chi connectivity index (χ2v) is 7.87. The van der Waals surface area contributed by atoms with Crippen molar-refractivity contribution in [3.8, 4) is 11.1 Å². The maximum Gasteiger partial charge on any atom is -0.0105 e. The molecule has 0 N–H and O–H groups in total. The topological polar surface area (TPSA) is 0 Å². The predicted octanol–water partition coefficient (Wildman–Crippen LogP) is 5.69. The van der Waals surface area contributed by atoms with Crippen LogP contribution < -0.4 is 0 Å². The maximum absolute atomic E-state index is 3.12. The van der Waals surface area contributed by atoms with Gasteiger partial charge >= 0.3 is 0 Å². The number of hydrogen-bond acceptors (Lipinski definition) is 0. The van der Waals surface area contributed by atoms with Gasteiger partial charge in [0.1, 0.15) is 0 Å². The third kappa shape index (κ3) is 2.04. The van der Waals surface area contributed by atoms with Crippen LogP contribution in [0.3, 0.4) is 0 Å². The Labute approximate surface area is 133 Å². The second-order valence-electron chi connectivity index (χ2n) is 7.87. The third-order valence-electron chi connectivity index (χ3n) is 6.55. The van der Waals surface area contributed by atoms with Gasteiger partial charge in [0.15, 0.2) is 0 Å². The Morgan fingerprint density at radius 2 is 1.41 bits per heavy atom. The van der Waals surface area contributed by atoms with Crippen molar-refractivity contribution in [3.05, 3.63) is 60.2 Å². The molecule has 0 heteroatoms. The van der Waals surface area contributed by atoms with E-state index in [2.05, 4.69) is 42.5 Å². The van der Waals surface area contributed by atoms with Gasteiger partial charge in [-0.25, -0.2) is 0 Å². The minimum absolute atomic E-state index is 0.836. The van der Waals surface area contributed by atoms with E-state index in [9.17, 15) is 0 Å². The normalized spacial score (nSPS) is 35.7. The summed E-state index contributed by atoms with van der Waals surface area (Å²) in [5.74, 6) is 4.90. The quantitative estimate of drug-likeness (QED) is 0.665. The Morgan fingerprint density at radius 1 is 0.727 bits per heavy atom. The van der Waals surface area contributed by atoms with Gasteiger partial charge in [0.25, 0.3) is 0 Å². The van der Waals surface area contributed by atoms with E-state index in [0.717, 1.165) is 29.6 Å². The molecular formula is C22H23. The number of benzene rings is 2. The SMILES string of the molecule is [c]1ccc(-c2cccc(C3C4CC5CC(C4)CC3C5)c2)cc1. The molecular weight excluding hydrogens is 264 g/mol. The summed E-state index contributed by atoms with van der Waals surface area (Å²) in [4.78, 5) is 0. The Morgan fingerprint density at radius 3 is 2.09 bits per heavy atom. The van der Waals surface area contributed by atoms with Gasteiger partial charge in [-0.05, 0) is 84.5 Å². The molecule has 0 nitrogen and oxygen atoms in total. The van der Waals surface area contributed by atoms with Crippen molar-refractivity contribution in [2.75, 3.05) is 0 Å². The van der Waals surface area contributed by atoms with E-state index in [1.54, 1.807) is 12.0 Å². The second kappa shape index (κ2) is 4.98. The number of hydrogen-bond donors (Lipinski definition) is 0. The van der Waals surface area contributed by atoms with Gasteiger partial charge in [-0.15, -0.1) is 0 Å². The minimum atomic E-state index is 0.836. The molecule has 0 spiro atoms. The third-order valence-corrected chi connectivity index (χ3v) is 6.55. The zero-order valence-corrected chi connectivity index (χ0v) is 13.0. The van der Waals surface area contributed by atoms with Crippen LogP contribution in [0.5, 0.6) is 0 Å². The Balaban J connectivity index is 1.51. The summed E-state index contributed by atoms with van der Waals surface area (Å²) in [6.07, 6.45) is 7.55. The lowest BCUT2D eigenvalue weighted by Crippen LogP contribution is -2.43. The first-order valence-electron chi connectivity index (χ1n) is 8.93. The summed E-state index contributed by atoms with van der Waals surface area (Å²) in [6, 6.07) is 20.9. The molecule has 4 bridgehead atoms. The molecule has 0 amide bonds. The van der Waals surface area contributed by atoms with E-state index < -0.39 is 0 Å². The molecule has 4 fully saturated rings. The van der Waals surface area contributed by atoms with Crippen LogP contribution >= 0.6 is 0 Å². The zero-order chi connectivity index (χ0) is 14.5. The van der Waals surface area contributed by atoms with Crippen LogP contribution in [0.2, 0.25) is 0 Å². The average molecular weight is 287 g/mol. The fraction of sp³-hybridized carbons (Fsp3) is 0.455. The summed E-state index contributed by atoms with van der Waals surface area (Å²) < 4.78 is 0. The molecule has 2 aromatic rings. The molecule has 6 rings (SSSR count). The van der Waals surface area contributed by atoms with Crippen LogP contribution in [0.4, 0.5) is 0 Å². The van der Waals surface area contributed by atoms with E-state index in [4.69, 9.17) is 0 Å². The summed E-state index contributed by atoms with van der Waals surface area (Å²) in [5, 5.41) is 0. The lowest BCUT2D eigenvalue weighted by molar-refractivity contribution is -0.00276. The van der Waals surface area contributed by atoms with Crippen LogP contribution in [0.1, 0.15) is 43.6 Å². The van der Waals surface area contributed by atoms with Crippen molar-refractivity contribution in [1.82, 2.24) is 0 Å². The Bertz CT molecular complexity index is 641. The molecule has 0 heterocycles. The van der Waals surface area contributed by atoms with E-state index in [-0.39, 0.29) is 0 Å². The van der Waals surface area contributed by atoms with Crippen LogP contribution in [0.15, 0.2) is 48.5 Å². The smallest absolute Gasteiger partial charge is 0.0105 e. The maximum atomic E-state index is 3.12. The van der Waals surface area contributed by atoms with E-state index >= 15 is 0 Å². The fourth-order valence-electron chi connectivity index (χ4n) is 5.97. The van der Waals surface area contributed by atoms with Gasteiger partial charge in [-0.2, -0.15) is 0 Å². The largest absolute Gasteiger partial charge is 0.0614 e. The molecule has 0 aromatic heterocycles. The molecule has 4 aliphatic carbocycles. The van der Waals surface area contributed by atoms with Crippen LogP contribution in [-0.4, -0.2) is 0 Å². The Kier molecular flexibility index (Phi) is 2.93. The summed E-state index contributed by atoms with van der Waals surface area (Å²) >= 11 is 0. The van der Waals surface area contributed by atoms with Crippen molar-refractivity contribution < 1.29 is 0 Å². The fourth-order valence-corrected chi connectivity index (χ4v) is 5.97. The standard InChI is InChI=1S/C22H23/c1-2-5-17(6-3-1)18-7-4-8-19(14-18)22-20-10-15-9-16(12-20)13-21(22)11-15/h2-8,14-16,20-22H,9-13H2. The molecule has 1 radical (unpaired) electrons. The van der Waals surface area contributed by atoms with E-state index in [1.807, 2.05) is 12.1 Å². The van der Waals surface area contributed by atoms with Crippen LogP contribution in [-0.2, 0) is 0 Å². The molecule has 22 heavy (non-hydrogen) atoms. The van der Waals surface area contributed by atoms with Crippen molar-refractivity contribution in [2.45, 2.75) is 38.0 Å². The zero-order valence-electron chi connectivity index (χ0n) is 13.0. The first-order chi connectivity index (χ1) is 10.9. The van der Waals surface area contributed by atoms with Gasteiger partial charge in [0.2, 0.25) is 0 Å². The van der Waals surface area contributed by atoms with Gasteiger partial charge in [-0.3, -0.25) is 0 Å². The minimum Gasteiger partial charge on any atom is -0.0614 e. The monoisotopic (exact) mass is 287 g/mol. The van der Waals surface area contributed by atoms with Crippen molar-refractivity contribution >= 4 is 0 Å². The first-order valence-corrected chi connectivity index (χ1v) is 8.93. The molecule has 0 atom stereocenters. The molecule has 4 saturated carbocycles. The highest BCUT2D eigenvalue weighted by Crippen LogP contribution is 2.59. The van der Waals surface area contributed by atoms with Gasteiger partial charge in [-0.1, -0.05) is 48.5 Å². The van der Waals surface area contributed by atoms with Crippen LogP contribution in [0, 0.1) is 29.7 Å². The average Bonchev–Trinajstić information content (AvgIpc) is 2.55. The van der Waals surface area contributed by atoms with E-state index in [1.165, 1.54) is 36.8 Å². The van der Waals surface area contributed by atoms with Crippen molar-refractivity contribution in [2.24, 2.45) is 23.7 Å². The van der Waals surface area contributed by atoms with Gasteiger partial charge in [0, 0.05) is 0 Å². The highest BCUT2D eigenvalue weighted by atomic mass is 14.5. The lowest BCUT2D eigenvalue weighted by atomic mass is 9.50. The van der Waals surface area contributed by atoms with Crippen LogP contribution in [0.25, 0.3) is 11.1 Å². The lowest BCUT2D eigenvalue weighted by Gasteiger charge is -2.54. The van der Waals surface area contributed by atoms with E-state index in [0.29, 0.717) is 0 Å². The summed E-state index contributed by atoms with van der Waals surface area (Å²) in [6.45, 7) is 0. The summed E-state index contributed by atoms with van der Waals surface area (Å²) in [7, 11) is 0. The molecule has 0 aliphatic heterocycles. The highest BCUT2D eigenvalue weighted by Gasteiger charge is 2.48. The van der Waals surface area contributed by atoms with Gasteiger partial charge < -0.3 is 0 Å². The molecule has 0 unspecified atom stereocenters. The van der Waals surface area contributed by atoms with Crippen molar-refractivity contribution in [3.63, 3.8) is 0 Å². The van der Waals surface area contributed by atoms with Crippen molar-refractivity contribution in [1.29, 1.82) is 0 Å². The Hall–Kier alpha value is -1.56.